The van der Waals surface area contributed by atoms with Gasteiger partial charge in [-0.3, -0.25) is 4.90 Å². The summed E-state index contributed by atoms with van der Waals surface area (Å²) in [5.41, 5.74) is 0. The molecule has 0 aliphatic heterocycles. The average Bonchev–Trinajstić information content (AvgIpc) is 2.19. The van der Waals surface area contributed by atoms with Gasteiger partial charge in [-0.1, -0.05) is 12.2 Å². The first-order valence-corrected chi connectivity index (χ1v) is 5.45. The van der Waals surface area contributed by atoms with E-state index in [4.69, 9.17) is 9.47 Å². The zero-order valence-corrected chi connectivity index (χ0v) is 9.95. The molecule has 0 N–H and O–H groups in total. The van der Waals surface area contributed by atoms with E-state index >= 15 is 0 Å². The molecule has 0 amide bonds. The van der Waals surface area contributed by atoms with Crippen LogP contribution in [-0.4, -0.2) is 44.0 Å². The van der Waals surface area contributed by atoms with Crippen molar-refractivity contribution in [2.24, 2.45) is 0 Å². The number of hydrogen-bond acceptors (Lipinski definition) is 3. The Labute approximate surface area is 93.4 Å². The van der Waals surface area contributed by atoms with E-state index in [1.165, 1.54) is 0 Å². The number of nitrogens with zero attached hydrogens (tertiary/aromatic N) is 1. The average molecular weight is 213 g/mol. The van der Waals surface area contributed by atoms with E-state index in [1.807, 2.05) is 26.0 Å². The first kappa shape index (κ1) is 14.4. The summed E-state index contributed by atoms with van der Waals surface area (Å²) in [6, 6.07) is 0. The van der Waals surface area contributed by atoms with Crippen LogP contribution in [0, 0.1) is 0 Å². The molecule has 0 aliphatic carbocycles. The van der Waals surface area contributed by atoms with Gasteiger partial charge in [-0.05, 0) is 13.8 Å². The minimum atomic E-state index is -0.153. The van der Waals surface area contributed by atoms with Crippen LogP contribution in [-0.2, 0) is 9.47 Å². The Morgan fingerprint density at radius 2 is 1.53 bits per heavy atom. The fourth-order valence-corrected chi connectivity index (χ4v) is 1.32. The van der Waals surface area contributed by atoms with Gasteiger partial charge in [0.15, 0.2) is 6.29 Å². The molecule has 3 nitrogen and oxygen atoms in total. The summed E-state index contributed by atoms with van der Waals surface area (Å²) in [6.07, 6.45) is 3.59. The smallest absolute Gasteiger partial charge is 0.170 e. The Morgan fingerprint density at radius 1 is 1.07 bits per heavy atom. The number of hydrogen-bond donors (Lipinski definition) is 0. The van der Waals surface area contributed by atoms with Crippen LogP contribution in [0.1, 0.15) is 13.8 Å². The second-order valence-electron chi connectivity index (χ2n) is 3.14. The molecule has 0 atom stereocenters. The maximum atomic E-state index is 5.47. The van der Waals surface area contributed by atoms with Crippen LogP contribution in [0.3, 0.4) is 0 Å². The summed E-state index contributed by atoms with van der Waals surface area (Å²) in [6.45, 7) is 15.1. The SMILES string of the molecule is C=CCN(CC=C)CC(OCC)OCC. The maximum absolute atomic E-state index is 5.47. The van der Waals surface area contributed by atoms with E-state index in [0.717, 1.165) is 19.6 Å². The summed E-state index contributed by atoms with van der Waals surface area (Å²) in [5, 5.41) is 0. The molecule has 0 radical (unpaired) electrons. The van der Waals surface area contributed by atoms with Gasteiger partial charge in [0.25, 0.3) is 0 Å². The minimum Gasteiger partial charge on any atom is -0.352 e. The Kier molecular flexibility index (Phi) is 9.48. The van der Waals surface area contributed by atoms with Crippen LogP contribution in [0.2, 0.25) is 0 Å². The highest BCUT2D eigenvalue weighted by Crippen LogP contribution is 2.00. The van der Waals surface area contributed by atoms with Gasteiger partial charge in [0, 0.05) is 26.3 Å². The number of rotatable bonds is 10. The molecule has 0 saturated carbocycles. The van der Waals surface area contributed by atoms with Crippen LogP contribution in [0.4, 0.5) is 0 Å². The van der Waals surface area contributed by atoms with Crippen molar-refractivity contribution in [1.29, 1.82) is 0 Å². The van der Waals surface area contributed by atoms with Crippen molar-refractivity contribution in [3.8, 4) is 0 Å². The minimum absolute atomic E-state index is 0.153. The summed E-state index contributed by atoms with van der Waals surface area (Å²) >= 11 is 0. The van der Waals surface area contributed by atoms with Crippen molar-refractivity contribution in [3.05, 3.63) is 25.3 Å². The first-order valence-electron chi connectivity index (χ1n) is 5.45. The third-order valence-electron chi connectivity index (χ3n) is 1.89. The molecule has 0 aromatic carbocycles. The molecule has 0 aromatic heterocycles. The van der Waals surface area contributed by atoms with E-state index in [9.17, 15) is 0 Å². The van der Waals surface area contributed by atoms with E-state index in [1.54, 1.807) is 0 Å². The van der Waals surface area contributed by atoms with Crippen molar-refractivity contribution in [1.82, 2.24) is 4.90 Å². The molecule has 88 valence electrons. The quantitative estimate of drug-likeness (QED) is 0.409. The Morgan fingerprint density at radius 3 is 1.87 bits per heavy atom. The van der Waals surface area contributed by atoms with Crippen molar-refractivity contribution in [3.63, 3.8) is 0 Å². The van der Waals surface area contributed by atoms with Gasteiger partial charge in [0.2, 0.25) is 0 Å². The van der Waals surface area contributed by atoms with Crippen LogP contribution in [0.25, 0.3) is 0 Å². The Bertz CT molecular complexity index is 155. The fraction of sp³-hybridized carbons (Fsp3) is 0.667. The normalized spacial score (nSPS) is 10.9. The fourth-order valence-electron chi connectivity index (χ4n) is 1.32. The van der Waals surface area contributed by atoms with Gasteiger partial charge in [0.1, 0.15) is 0 Å². The standard InChI is InChI=1S/C12H23NO2/c1-5-9-13(10-6-2)11-12(14-7-3)15-8-4/h5-6,12H,1-2,7-11H2,3-4H3. The topological polar surface area (TPSA) is 21.7 Å². The molecular formula is C12H23NO2. The number of ether oxygens (including phenoxy) is 2. The monoisotopic (exact) mass is 213 g/mol. The molecule has 0 rings (SSSR count). The van der Waals surface area contributed by atoms with Gasteiger partial charge in [-0.25, -0.2) is 0 Å². The molecule has 15 heavy (non-hydrogen) atoms. The van der Waals surface area contributed by atoms with E-state index in [0.29, 0.717) is 13.2 Å². The summed E-state index contributed by atoms with van der Waals surface area (Å²) < 4.78 is 10.9. The molecule has 0 fully saturated rings. The van der Waals surface area contributed by atoms with Gasteiger partial charge in [0.05, 0.1) is 6.54 Å². The lowest BCUT2D eigenvalue weighted by atomic mass is 10.4. The highest BCUT2D eigenvalue weighted by atomic mass is 16.7. The summed E-state index contributed by atoms with van der Waals surface area (Å²) in [7, 11) is 0. The highest BCUT2D eigenvalue weighted by molar-refractivity contribution is 4.80. The Hall–Kier alpha value is -0.640. The molecule has 0 bridgehead atoms. The lowest BCUT2D eigenvalue weighted by Crippen LogP contribution is -2.36. The molecule has 3 heteroatoms. The third kappa shape index (κ3) is 7.31. The van der Waals surface area contributed by atoms with E-state index < -0.39 is 0 Å². The maximum Gasteiger partial charge on any atom is 0.170 e. The van der Waals surface area contributed by atoms with Crippen LogP contribution in [0.5, 0.6) is 0 Å². The lowest BCUT2D eigenvalue weighted by molar-refractivity contribution is -0.145. The predicted octanol–water partition coefficient (Wildman–Crippen LogP) is 2.06. The highest BCUT2D eigenvalue weighted by Gasteiger charge is 2.12. The van der Waals surface area contributed by atoms with Crippen molar-refractivity contribution in [2.45, 2.75) is 20.1 Å². The van der Waals surface area contributed by atoms with E-state index in [-0.39, 0.29) is 6.29 Å². The molecular weight excluding hydrogens is 190 g/mol. The van der Waals surface area contributed by atoms with Crippen molar-refractivity contribution in [2.75, 3.05) is 32.8 Å². The van der Waals surface area contributed by atoms with Crippen molar-refractivity contribution < 1.29 is 9.47 Å². The molecule has 0 aromatic rings. The molecule has 0 unspecified atom stereocenters. The van der Waals surface area contributed by atoms with Crippen LogP contribution < -0.4 is 0 Å². The predicted molar refractivity (Wildman–Crippen MR) is 63.9 cm³/mol. The molecule has 0 saturated heterocycles. The van der Waals surface area contributed by atoms with E-state index in [2.05, 4.69) is 18.1 Å². The second kappa shape index (κ2) is 9.90. The van der Waals surface area contributed by atoms with Gasteiger partial charge < -0.3 is 9.47 Å². The van der Waals surface area contributed by atoms with Crippen LogP contribution >= 0.6 is 0 Å². The zero-order valence-electron chi connectivity index (χ0n) is 9.95. The van der Waals surface area contributed by atoms with Gasteiger partial charge >= 0.3 is 0 Å². The summed E-state index contributed by atoms with van der Waals surface area (Å²) in [5.74, 6) is 0. The molecule has 0 heterocycles. The molecule has 0 spiro atoms. The largest absolute Gasteiger partial charge is 0.352 e. The third-order valence-corrected chi connectivity index (χ3v) is 1.89. The second-order valence-corrected chi connectivity index (χ2v) is 3.14. The molecule has 0 aliphatic rings. The van der Waals surface area contributed by atoms with Crippen molar-refractivity contribution >= 4 is 0 Å². The lowest BCUT2D eigenvalue weighted by Gasteiger charge is -2.25. The Balaban J connectivity index is 4.04. The zero-order chi connectivity index (χ0) is 11.5. The van der Waals surface area contributed by atoms with Crippen LogP contribution in [0.15, 0.2) is 25.3 Å². The van der Waals surface area contributed by atoms with Gasteiger partial charge in [-0.2, -0.15) is 0 Å². The van der Waals surface area contributed by atoms with Gasteiger partial charge in [-0.15, -0.1) is 13.2 Å². The first-order chi connectivity index (χ1) is 7.28. The summed E-state index contributed by atoms with van der Waals surface area (Å²) in [4.78, 5) is 2.18.